The van der Waals surface area contributed by atoms with Crippen molar-refractivity contribution in [3.05, 3.63) is 29.8 Å². The zero-order valence-corrected chi connectivity index (χ0v) is 12.8. The Morgan fingerprint density at radius 3 is 2.60 bits per heavy atom. The van der Waals surface area contributed by atoms with Gasteiger partial charge in [0.05, 0.1) is 6.20 Å². The van der Waals surface area contributed by atoms with Crippen LogP contribution in [0.5, 0.6) is 0 Å². The zero-order chi connectivity index (χ0) is 14.6. The van der Waals surface area contributed by atoms with E-state index in [2.05, 4.69) is 36.0 Å². The van der Waals surface area contributed by atoms with E-state index in [1.165, 1.54) is 19.0 Å². The van der Waals surface area contributed by atoms with Crippen molar-refractivity contribution >= 4 is 0 Å². The Balaban J connectivity index is 1.74. The lowest BCUT2D eigenvalue weighted by Gasteiger charge is -2.33. The summed E-state index contributed by atoms with van der Waals surface area (Å²) >= 11 is 0. The fraction of sp³-hybridized carbons (Fsp3) is 0.688. The highest BCUT2D eigenvalue weighted by atomic mass is 19.1. The summed E-state index contributed by atoms with van der Waals surface area (Å²) < 4.78 is 13.1. The van der Waals surface area contributed by atoms with Crippen LogP contribution >= 0.6 is 0 Å². The van der Waals surface area contributed by atoms with Gasteiger partial charge >= 0.3 is 0 Å². The second-order valence-electron chi connectivity index (χ2n) is 6.86. The van der Waals surface area contributed by atoms with Gasteiger partial charge in [0.25, 0.3) is 0 Å². The highest BCUT2D eigenvalue weighted by molar-refractivity contribution is 5.10. The number of nitrogens with zero attached hydrogens (tertiary/aromatic N) is 2. The maximum atomic E-state index is 13.1. The van der Waals surface area contributed by atoms with Gasteiger partial charge in [-0.2, -0.15) is 0 Å². The van der Waals surface area contributed by atoms with Crippen molar-refractivity contribution in [2.45, 2.75) is 45.7 Å². The fourth-order valence-electron chi connectivity index (χ4n) is 2.60. The Labute approximate surface area is 121 Å². The maximum absolute atomic E-state index is 13.1. The molecule has 1 aromatic rings. The van der Waals surface area contributed by atoms with Gasteiger partial charge in [0.2, 0.25) is 0 Å². The number of nitrogens with one attached hydrogen (secondary N) is 1. The van der Waals surface area contributed by atoms with Gasteiger partial charge in [0, 0.05) is 18.3 Å². The molecule has 0 saturated carbocycles. The quantitative estimate of drug-likeness (QED) is 0.918. The predicted molar refractivity (Wildman–Crippen MR) is 80.0 cm³/mol. The van der Waals surface area contributed by atoms with Crippen molar-refractivity contribution in [2.24, 2.45) is 5.92 Å². The van der Waals surface area contributed by atoms with Gasteiger partial charge in [-0.25, -0.2) is 4.39 Å². The molecule has 0 amide bonds. The molecule has 1 aromatic heterocycles. The number of aromatic nitrogens is 1. The van der Waals surface area contributed by atoms with Crippen LogP contribution in [0.4, 0.5) is 4.39 Å². The van der Waals surface area contributed by atoms with Crippen LogP contribution in [0, 0.1) is 11.7 Å². The first-order chi connectivity index (χ1) is 9.42. The molecule has 112 valence electrons. The van der Waals surface area contributed by atoms with E-state index < -0.39 is 0 Å². The van der Waals surface area contributed by atoms with Crippen LogP contribution in [0.2, 0.25) is 0 Å². The van der Waals surface area contributed by atoms with Crippen molar-refractivity contribution in [1.82, 2.24) is 15.2 Å². The van der Waals surface area contributed by atoms with Crippen molar-refractivity contribution in [3.63, 3.8) is 0 Å². The summed E-state index contributed by atoms with van der Waals surface area (Å²) in [4.78, 5) is 6.30. The molecule has 20 heavy (non-hydrogen) atoms. The first-order valence-corrected chi connectivity index (χ1v) is 7.49. The molecule has 1 saturated heterocycles. The maximum Gasteiger partial charge on any atom is 0.141 e. The fourth-order valence-corrected chi connectivity index (χ4v) is 2.60. The average Bonchev–Trinajstić information content (AvgIpc) is 2.37. The van der Waals surface area contributed by atoms with Crippen molar-refractivity contribution in [1.29, 1.82) is 0 Å². The van der Waals surface area contributed by atoms with E-state index in [0.717, 1.165) is 37.7 Å². The van der Waals surface area contributed by atoms with Crippen LogP contribution in [-0.2, 0) is 6.54 Å². The van der Waals surface area contributed by atoms with Crippen LogP contribution in [0.25, 0.3) is 0 Å². The van der Waals surface area contributed by atoms with Crippen LogP contribution in [0.1, 0.15) is 39.2 Å². The standard InChI is InChI=1S/C16H26FN3/c1-16(2,3)19-10-13-4-6-20(7-5-13)12-14-8-15(17)11-18-9-14/h8-9,11,13,19H,4-7,10,12H2,1-3H3. The normalized spacial score (nSPS) is 18.4. The molecular formula is C16H26FN3. The van der Waals surface area contributed by atoms with Crippen molar-refractivity contribution in [3.8, 4) is 0 Å². The molecule has 1 N–H and O–H groups in total. The van der Waals surface area contributed by atoms with E-state index in [4.69, 9.17) is 0 Å². The summed E-state index contributed by atoms with van der Waals surface area (Å²) in [5.41, 5.74) is 1.17. The van der Waals surface area contributed by atoms with E-state index >= 15 is 0 Å². The number of halogens is 1. The number of hydrogen-bond donors (Lipinski definition) is 1. The Morgan fingerprint density at radius 2 is 2.00 bits per heavy atom. The molecule has 1 fully saturated rings. The van der Waals surface area contributed by atoms with Crippen LogP contribution in [-0.4, -0.2) is 35.1 Å². The third-order valence-corrected chi connectivity index (χ3v) is 3.80. The molecule has 0 aromatic carbocycles. The van der Waals surface area contributed by atoms with E-state index in [0.29, 0.717) is 0 Å². The number of likely N-dealkylation sites (tertiary alicyclic amines) is 1. The van der Waals surface area contributed by atoms with Gasteiger partial charge in [-0.05, 0) is 70.8 Å². The van der Waals surface area contributed by atoms with E-state index in [1.807, 2.05) is 0 Å². The average molecular weight is 279 g/mol. The summed E-state index contributed by atoms with van der Waals surface area (Å²) in [5, 5.41) is 3.59. The lowest BCUT2D eigenvalue weighted by atomic mass is 9.95. The molecule has 2 rings (SSSR count). The molecule has 0 unspecified atom stereocenters. The van der Waals surface area contributed by atoms with E-state index in [-0.39, 0.29) is 11.4 Å². The molecule has 0 spiro atoms. The van der Waals surface area contributed by atoms with Crippen molar-refractivity contribution in [2.75, 3.05) is 19.6 Å². The lowest BCUT2D eigenvalue weighted by Crippen LogP contribution is -2.42. The minimum absolute atomic E-state index is 0.199. The zero-order valence-electron chi connectivity index (χ0n) is 12.8. The van der Waals surface area contributed by atoms with Gasteiger partial charge in [-0.1, -0.05) is 0 Å². The molecule has 4 heteroatoms. The number of rotatable bonds is 4. The number of hydrogen-bond acceptors (Lipinski definition) is 3. The van der Waals surface area contributed by atoms with Crippen LogP contribution in [0.15, 0.2) is 18.5 Å². The third kappa shape index (κ3) is 5.17. The summed E-state index contributed by atoms with van der Waals surface area (Å²) in [6, 6.07) is 1.58. The highest BCUT2D eigenvalue weighted by Crippen LogP contribution is 2.19. The van der Waals surface area contributed by atoms with Crippen LogP contribution in [0.3, 0.4) is 0 Å². The molecule has 0 radical (unpaired) electrons. The summed E-state index contributed by atoms with van der Waals surface area (Å²) in [5.74, 6) is 0.517. The Bertz CT molecular complexity index is 420. The van der Waals surface area contributed by atoms with E-state index in [9.17, 15) is 4.39 Å². The van der Waals surface area contributed by atoms with E-state index in [1.54, 1.807) is 12.3 Å². The smallest absolute Gasteiger partial charge is 0.141 e. The Hall–Kier alpha value is -1.00. The second-order valence-corrected chi connectivity index (χ2v) is 6.86. The monoisotopic (exact) mass is 279 g/mol. The molecule has 0 aliphatic carbocycles. The number of pyridine rings is 1. The lowest BCUT2D eigenvalue weighted by molar-refractivity contribution is 0.170. The van der Waals surface area contributed by atoms with Gasteiger partial charge in [-0.3, -0.25) is 9.88 Å². The van der Waals surface area contributed by atoms with Gasteiger partial charge in [0.1, 0.15) is 5.82 Å². The molecular weight excluding hydrogens is 253 g/mol. The largest absolute Gasteiger partial charge is 0.312 e. The first kappa shape index (κ1) is 15.4. The molecule has 1 aliphatic heterocycles. The van der Waals surface area contributed by atoms with Gasteiger partial charge in [0.15, 0.2) is 0 Å². The van der Waals surface area contributed by atoms with Gasteiger partial charge in [-0.15, -0.1) is 0 Å². The van der Waals surface area contributed by atoms with Crippen molar-refractivity contribution < 1.29 is 4.39 Å². The SMILES string of the molecule is CC(C)(C)NCC1CCN(Cc2cncc(F)c2)CC1. The third-order valence-electron chi connectivity index (χ3n) is 3.80. The molecule has 1 aliphatic rings. The topological polar surface area (TPSA) is 28.2 Å². The molecule has 2 heterocycles. The predicted octanol–water partition coefficient (Wildman–Crippen LogP) is 2.82. The Morgan fingerprint density at radius 1 is 1.30 bits per heavy atom. The minimum Gasteiger partial charge on any atom is -0.312 e. The summed E-state index contributed by atoms with van der Waals surface area (Å²) in [6.07, 6.45) is 5.45. The summed E-state index contributed by atoms with van der Waals surface area (Å²) in [6.45, 7) is 10.7. The molecule has 0 bridgehead atoms. The minimum atomic E-state index is -0.244. The van der Waals surface area contributed by atoms with Gasteiger partial charge < -0.3 is 5.32 Å². The highest BCUT2D eigenvalue weighted by Gasteiger charge is 2.20. The molecule has 3 nitrogen and oxygen atoms in total. The summed E-state index contributed by atoms with van der Waals surface area (Å²) in [7, 11) is 0. The van der Waals surface area contributed by atoms with Crippen LogP contribution < -0.4 is 5.32 Å². The first-order valence-electron chi connectivity index (χ1n) is 7.49. The molecule has 0 atom stereocenters. The second kappa shape index (κ2) is 6.64. The number of piperidine rings is 1. The Kier molecular flexibility index (Phi) is 5.11.